The fourth-order valence-electron chi connectivity index (χ4n) is 7.10. The van der Waals surface area contributed by atoms with Crippen molar-refractivity contribution < 1.29 is 102 Å². The molecule has 0 aliphatic carbocycles. The highest BCUT2D eigenvalue weighted by molar-refractivity contribution is 4.99. The van der Waals surface area contributed by atoms with Gasteiger partial charge in [0.1, 0.15) is 73.2 Å². The van der Waals surface area contributed by atoms with Gasteiger partial charge in [0, 0.05) is 14.2 Å². The van der Waals surface area contributed by atoms with Crippen LogP contribution in [0.25, 0.3) is 0 Å². The van der Waals surface area contributed by atoms with E-state index in [9.17, 15) is 35.7 Å². The van der Waals surface area contributed by atoms with E-state index in [1.54, 1.807) is 13.8 Å². The molecule has 0 bridgehead atoms. The van der Waals surface area contributed by atoms with Crippen LogP contribution in [0.3, 0.4) is 0 Å². The van der Waals surface area contributed by atoms with Gasteiger partial charge in [-0.15, -0.1) is 0 Å². The molecule has 7 N–H and O–H groups in total. The van der Waals surface area contributed by atoms with Crippen LogP contribution in [0.15, 0.2) is 0 Å². The normalized spacial score (nSPS) is 35.5. The number of methoxy groups -OCH3 is 2. The molecule has 15 atom stereocenters. The molecule has 3 aliphatic heterocycles. The third-order valence-corrected chi connectivity index (χ3v) is 9.75. The highest BCUT2D eigenvalue weighted by Gasteiger charge is 2.55. The van der Waals surface area contributed by atoms with Crippen LogP contribution in [0, 0.1) is 5.92 Å². The standard InChI is InChI=1S/C38H72O21/c1-22(2)30-34(51-12-8-40)27(43)32(24(55-30)19-49-17-15-46-5)58-38-36(53-14-10-42)29(45)33(26(57-38)21-50-18-16-47-6)59-37-35(52-13-9-41)28(44)31(54-23(3)4)25(56-37)20-48-11-7-39/h22-45H,7-21H2,1-6H3. The molecule has 0 amide bonds. The highest BCUT2D eigenvalue weighted by Crippen LogP contribution is 2.36. The van der Waals surface area contributed by atoms with Crippen LogP contribution in [0.1, 0.15) is 27.7 Å². The Morgan fingerprint density at radius 2 is 0.847 bits per heavy atom. The first kappa shape index (κ1) is 52.5. The first-order valence-electron chi connectivity index (χ1n) is 20.4. The molecule has 3 fully saturated rings. The van der Waals surface area contributed by atoms with Gasteiger partial charge in [-0.2, -0.15) is 0 Å². The quantitative estimate of drug-likeness (QED) is 0.0354. The minimum absolute atomic E-state index is 0.0189. The van der Waals surface area contributed by atoms with E-state index in [1.807, 2.05) is 13.8 Å². The molecule has 0 spiro atoms. The van der Waals surface area contributed by atoms with Crippen molar-refractivity contribution in [1.82, 2.24) is 0 Å². The van der Waals surface area contributed by atoms with Gasteiger partial charge < -0.3 is 102 Å². The fraction of sp³-hybridized carbons (Fsp3) is 1.00. The van der Waals surface area contributed by atoms with Crippen molar-refractivity contribution in [1.29, 1.82) is 0 Å². The highest BCUT2D eigenvalue weighted by atomic mass is 16.8. The predicted molar refractivity (Wildman–Crippen MR) is 202 cm³/mol. The minimum atomic E-state index is -1.60. The lowest BCUT2D eigenvalue weighted by atomic mass is 9.89. The molecule has 3 saturated heterocycles. The Kier molecular flexibility index (Phi) is 25.6. The van der Waals surface area contributed by atoms with Gasteiger partial charge in [-0.1, -0.05) is 13.8 Å². The van der Waals surface area contributed by atoms with Crippen molar-refractivity contribution in [3.63, 3.8) is 0 Å². The lowest BCUT2D eigenvalue weighted by Gasteiger charge is -2.50. The topological polar surface area (TPSA) is 271 Å². The monoisotopic (exact) mass is 864 g/mol. The summed E-state index contributed by atoms with van der Waals surface area (Å²) in [5.41, 5.74) is 0. The number of rotatable bonds is 30. The largest absolute Gasteiger partial charge is 0.394 e. The van der Waals surface area contributed by atoms with Gasteiger partial charge in [0.2, 0.25) is 0 Å². The molecule has 0 aromatic rings. The number of aliphatic hydroxyl groups is 7. The summed E-state index contributed by atoms with van der Waals surface area (Å²) >= 11 is 0. The van der Waals surface area contributed by atoms with Crippen molar-refractivity contribution in [3.8, 4) is 0 Å². The summed E-state index contributed by atoms with van der Waals surface area (Å²) < 4.78 is 83.5. The summed E-state index contributed by atoms with van der Waals surface area (Å²) in [7, 11) is 3.04. The molecule has 21 nitrogen and oxygen atoms in total. The number of hydrogen-bond donors (Lipinski definition) is 7. The van der Waals surface area contributed by atoms with E-state index in [2.05, 4.69) is 0 Å². The maximum absolute atomic E-state index is 12.2. The maximum atomic E-state index is 12.2. The first-order valence-corrected chi connectivity index (χ1v) is 20.4. The van der Waals surface area contributed by atoms with Gasteiger partial charge in [0.05, 0.1) is 111 Å². The second kappa shape index (κ2) is 28.8. The zero-order valence-electron chi connectivity index (χ0n) is 35.3. The van der Waals surface area contributed by atoms with E-state index in [0.717, 1.165) is 0 Å². The Bertz CT molecular complexity index is 1060. The van der Waals surface area contributed by atoms with Gasteiger partial charge >= 0.3 is 0 Å². The summed E-state index contributed by atoms with van der Waals surface area (Å²) in [5.74, 6) is -0.130. The molecule has 21 heteroatoms. The lowest BCUT2D eigenvalue weighted by molar-refractivity contribution is -0.383. The second-order valence-electron chi connectivity index (χ2n) is 14.9. The summed E-state index contributed by atoms with van der Waals surface area (Å²) in [6, 6.07) is 0. The lowest BCUT2D eigenvalue weighted by Crippen LogP contribution is -2.68. The summed E-state index contributed by atoms with van der Waals surface area (Å²) in [6.07, 6.45) is -18.3. The van der Waals surface area contributed by atoms with Gasteiger partial charge in [-0.25, -0.2) is 0 Å². The van der Waals surface area contributed by atoms with Gasteiger partial charge in [-0.3, -0.25) is 0 Å². The maximum Gasteiger partial charge on any atom is 0.187 e. The van der Waals surface area contributed by atoms with Crippen molar-refractivity contribution in [2.75, 3.05) is 113 Å². The molecule has 3 rings (SSSR count). The molecule has 0 aromatic heterocycles. The number of aliphatic hydroxyl groups excluding tert-OH is 7. The zero-order chi connectivity index (χ0) is 43.3. The van der Waals surface area contributed by atoms with E-state index in [-0.39, 0.29) is 91.3 Å². The Labute approximate surface area is 346 Å². The van der Waals surface area contributed by atoms with Gasteiger partial charge in [-0.05, 0) is 19.8 Å². The second-order valence-corrected chi connectivity index (χ2v) is 14.9. The molecule has 3 aliphatic rings. The summed E-state index contributed by atoms with van der Waals surface area (Å²) in [6.45, 7) is 5.92. The van der Waals surface area contributed by atoms with Crippen LogP contribution < -0.4 is 0 Å². The molecule has 59 heavy (non-hydrogen) atoms. The molecular formula is C38H72O21. The summed E-state index contributed by atoms with van der Waals surface area (Å²) in [4.78, 5) is 0. The minimum Gasteiger partial charge on any atom is -0.394 e. The molecular weight excluding hydrogens is 792 g/mol. The van der Waals surface area contributed by atoms with E-state index >= 15 is 0 Å². The Hall–Kier alpha value is -0.840. The van der Waals surface area contributed by atoms with Crippen LogP contribution in [0.5, 0.6) is 0 Å². The van der Waals surface area contributed by atoms with Crippen LogP contribution in [0.4, 0.5) is 0 Å². The van der Waals surface area contributed by atoms with Crippen LogP contribution in [-0.4, -0.2) is 247 Å². The van der Waals surface area contributed by atoms with Crippen molar-refractivity contribution in [3.05, 3.63) is 0 Å². The predicted octanol–water partition coefficient (Wildman–Crippen LogP) is -3.03. The van der Waals surface area contributed by atoms with Gasteiger partial charge in [0.15, 0.2) is 12.6 Å². The SMILES string of the molecule is COCCOCC1OC(OC2C(COCCOC)OC(C(C)C)C(OCCO)C2O)C(OCCO)C(O)C1OC1OC(COCCO)C(OC(C)C)C(O)C1OCCO. The van der Waals surface area contributed by atoms with E-state index in [1.165, 1.54) is 14.2 Å². The van der Waals surface area contributed by atoms with Crippen molar-refractivity contribution in [2.24, 2.45) is 5.92 Å². The molecule has 3 heterocycles. The number of hydrogen-bond acceptors (Lipinski definition) is 21. The van der Waals surface area contributed by atoms with Crippen LogP contribution in [-0.2, 0) is 66.3 Å². The smallest absolute Gasteiger partial charge is 0.187 e. The Balaban J connectivity index is 2.01. The average molecular weight is 865 g/mol. The molecule has 0 aromatic carbocycles. The van der Waals surface area contributed by atoms with Crippen LogP contribution in [0.2, 0.25) is 0 Å². The molecule has 0 saturated carbocycles. The van der Waals surface area contributed by atoms with E-state index < -0.39 is 105 Å². The average Bonchev–Trinajstić information content (AvgIpc) is 3.20. The van der Waals surface area contributed by atoms with Crippen molar-refractivity contribution in [2.45, 2.75) is 126 Å². The van der Waals surface area contributed by atoms with Crippen LogP contribution >= 0.6 is 0 Å². The Morgan fingerprint density at radius 1 is 0.458 bits per heavy atom. The zero-order valence-corrected chi connectivity index (χ0v) is 35.3. The molecule has 350 valence electrons. The summed E-state index contributed by atoms with van der Waals surface area (Å²) in [5, 5.41) is 74.1. The van der Waals surface area contributed by atoms with Crippen molar-refractivity contribution >= 4 is 0 Å². The van der Waals surface area contributed by atoms with E-state index in [4.69, 9.17) is 66.3 Å². The van der Waals surface area contributed by atoms with E-state index in [0.29, 0.717) is 6.61 Å². The third-order valence-electron chi connectivity index (χ3n) is 9.75. The number of ether oxygens (including phenoxy) is 14. The Morgan fingerprint density at radius 3 is 1.27 bits per heavy atom. The molecule has 15 unspecified atom stereocenters. The third kappa shape index (κ3) is 16.0. The van der Waals surface area contributed by atoms with Gasteiger partial charge in [0.25, 0.3) is 0 Å². The molecule has 0 radical (unpaired) electrons. The first-order chi connectivity index (χ1) is 28.5. The fourth-order valence-corrected chi connectivity index (χ4v) is 7.10.